The van der Waals surface area contributed by atoms with Crippen LogP contribution in [0.25, 0.3) is 38.8 Å². The van der Waals surface area contributed by atoms with Gasteiger partial charge in [-0.1, -0.05) is 138 Å². The van der Waals surface area contributed by atoms with Gasteiger partial charge < -0.3 is 19.1 Å². The molecule has 10 aliphatic carbocycles. The van der Waals surface area contributed by atoms with Crippen LogP contribution in [0.5, 0.6) is 11.5 Å². The van der Waals surface area contributed by atoms with Gasteiger partial charge in [-0.3, -0.25) is 0 Å². The average Bonchev–Trinajstić information content (AvgIpc) is 1.74. The zero-order chi connectivity index (χ0) is 54.1. The molecule has 0 amide bonds. The Balaban J connectivity index is 0.00000544. The summed E-state index contributed by atoms with van der Waals surface area (Å²) < 4.78 is 9.09. The van der Waals surface area contributed by atoms with Gasteiger partial charge in [0.1, 0.15) is 5.82 Å². The summed E-state index contributed by atoms with van der Waals surface area (Å²) in [6, 6.07) is 78.1. The Kier molecular flexibility index (Phi) is 11.1. The number of ether oxygens (including phenoxy) is 1. The van der Waals surface area contributed by atoms with E-state index >= 15 is 0 Å². The predicted molar refractivity (Wildman–Crippen MR) is 330 cm³/mol. The number of aromatic nitrogens is 2. The van der Waals surface area contributed by atoms with Crippen molar-refractivity contribution in [3.8, 4) is 28.4 Å². The molecule has 0 radical (unpaired) electrons. The topological polar surface area (TPSA) is 33.5 Å². The fourth-order valence-electron chi connectivity index (χ4n) is 17.9. The minimum Gasteiger partial charge on any atom is -0.509 e. The summed E-state index contributed by atoms with van der Waals surface area (Å²) in [6.45, 7) is 9.05. The van der Waals surface area contributed by atoms with Crippen LogP contribution in [0.4, 0.5) is 22.7 Å². The van der Waals surface area contributed by atoms with Crippen molar-refractivity contribution in [1.82, 2.24) is 9.55 Å². The van der Waals surface area contributed by atoms with Crippen molar-refractivity contribution in [2.75, 3.05) is 9.80 Å². The third-order valence-corrected chi connectivity index (χ3v) is 20.7. The smallest absolute Gasteiger partial charge is 0.135 e. The second-order valence-corrected chi connectivity index (χ2v) is 25.5. The fourth-order valence-corrected chi connectivity index (χ4v) is 17.9. The Morgan fingerprint density at radius 3 is 1.83 bits per heavy atom. The summed E-state index contributed by atoms with van der Waals surface area (Å²) in [5.41, 5.74) is 26.2. The summed E-state index contributed by atoms with van der Waals surface area (Å²) in [5, 5.41) is 2.26. The van der Waals surface area contributed by atoms with Gasteiger partial charge in [-0.2, -0.15) is 12.1 Å². The van der Waals surface area contributed by atoms with Gasteiger partial charge in [0.15, 0.2) is 0 Å². The van der Waals surface area contributed by atoms with Crippen LogP contribution >= 0.6 is 0 Å². The van der Waals surface area contributed by atoms with Crippen molar-refractivity contribution >= 4 is 44.6 Å². The molecule has 22 rings (SSSR count). The number of anilines is 4. The Hall–Kier alpha value is -7.98. The third-order valence-electron chi connectivity index (χ3n) is 20.7. The number of benzene rings is 9. The molecule has 0 spiro atoms. The number of pyridine rings is 1. The van der Waals surface area contributed by atoms with Crippen LogP contribution in [0.1, 0.15) is 129 Å². The SMILES string of the molecule is Cc1ccc2c(c1)C1c3c(cc(C)cc3N3[CH-]N(c4[c-]c(Oc5[c-]c6c(cc5)c5ccccc5n6-c5cc(C)c(-c6ccc(C78CC9CC(CC(C9)C7)C8)cc6)cn5)ccc4)c4ccccc43)C2C2c3ccccc3C1c1ccccc12.[Pt]. The normalized spacial score (nSPS) is 23.5. The van der Waals surface area contributed by atoms with Gasteiger partial charge in [-0.05, 0) is 185 Å². The number of hydrogen-bond acceptors (Lipinski definition) is 4. The molecule has 1 aliphatic heterocycles. The molecule has 8 bridgehead atoms. The molecule has 0 saturated heterocycles. The van der Waals surface area contributed by atoms with Crippen molar-refractivity contribution in [2.45, 2.75) is 88.4 Å². The van der Waals surface area contributed by atoms with E-state index in [0.717, 1.165) is 62.4 Å². The molecule has 3 heterocycles. The minimum absolute atomic E-state index is 0. The Morgan fingerprint density at radius 1 is 0.506 bits per heavy atom. The van der Waals surface area contributed by atoms with E-state index in [9.17, 15) is 0 Å². The maximum atomic E-state index is 6.84. The number of hydrogen-bond donors (Lipinski definition) is 0. The Morgan fingerprint density at radius 2 is 1.12 bits per heavy atom. The van der Waals surface area contributed by atoms with Crippen molar-refractivity contribution < 1.29 is 25.8 Å². The molecule has 4 fully saturated rings. The number of aryl methyl sites for hydroxylation is 3. The number of nitrogens with zero attached hydrogens (tertiary/aromatic N) is 4. The maximum Gasteiger partial charge on any atom is 0.135 e. The van der Waals surface area contributed by atoms with E-state index in [1.54, 1.807) is 5.56 Å². The first-order valence-corrected chi connectivity index (χ1v) is 30.0. The van der Waals surface area contributed by atoms with Gasteiger partial charge in [0.25, 0.3) is 0 Å². The summed E-state index contributed by atoms with van der Waals surface area (Å²) in [6.07, 6.45) is 10.6. The van der Waals surface area contributed by atoms with Crippen molar-refractivity contribution in [1.29, 1.82) is 0 Å². The molecular weight excluding hydrogens is 1190 g/mol. The quantitative estimate of drug-likeness (QED) is 0.149. The molecule has 5 nitrogen and oxygen atoms in total. The van der Waals surface area contributed by atoms with Gasteiger partial charge in [0.2, 0.25) is 0 Å². The first-order chi connectivity index (χ1) is 40.3. The molecule has 0 N–H and O–H groups in total. The standard InChI is InChI=1S/C77H61N4O.Pt/c1-45-23-29-62-63(31-45)76-73-60-18-6-4-16-58(60)72(59-17-5-7-19-61(59)73)74(62)64-32-46(2)33-70(75(64)76)80-44-79(67-21-10-11-22-68(67)80)53-13-12-14-54(38-53)82-55-28-30-57-56-15-8-9-20-66(56)81(69(57)39-55)71-34-47(3)65(43-78-71)51-24-26-52(27-25-51)77-40-48-35-49(41-77)37-50(36-48)42-77;/h4-34,43-44,48-50,72-74,76H,35-37,40-42H2,1-3H3;/q-3;. The van der Waals surface area contributed by atoms with Gasteiger partial charge in [0.05, 0.1) is 0 Å². The van der Waals surface area contributed by atoms with Crippen LogP contribution < -0.4 is 14.5 Å². The van der Waals surface area contributed by atoms with Crippen LogP contribution in [-0.4, -0.2) is 9.55 Å². The van der Waals surface area contributed by atoms with E-state index in [1.807, 2.05) is 12.1 Å². The van der Waals surface area contributed by atoms with Crippen molar-refractivity contribution in [3.63, 3.8) is 0 Å². The van der Waals surface area contributed by atoms with E-state index in [2.05, 4.69) is 236 Å². The van der Waals surface area contributed by atoms with Crippen molar-refractivity contribution in [3.05, 3.63) is 280 Å². The number of fused-ring (bicyclic) bond motifs is 4. The zero-order valence-corrected chi connectivity index (χ0v) is 49.1. The monoisotopic (exact) mass is 1250 g/mol. The zero-order valence-electron chi connectivity index (χ0n) is 46.8. The second-order valence-electron chi connectivity index (χ2n) is 25.5. The predicted octanol–water partition coefficient (Wildman–Crippen LogP) is 18.9. The number of rotatable bonds is 7. The molecule has 83 heavy (non-hydrogen) atoms. The minimum atomic E-state index is 0. The molecular formula is C77H61N4OPt-3. The largest absolute Gasteiger partial charge is 0.509 e. The molecule has 2 unspecified atom stereocenters. The molecule has 2 atom stereocenters. The Labute approximate surface area is 500 Å². The van der Waals surface area contributed by atoms with Crippen LogP contribution in [0.3, 0.4) is 0 Å². The van der Waals surface area contributed by atoms with E-state index in [0.29, 0.717) is 16.9 Å². The first-order valence-electron chi connectivity index (χ1n) is 30.0. The molecule has 11 aliphatic rings. The van der Waals surface area contributed by atoms with Crippen LogP contribution in [0.2, 0.25) is 0 Å². The van der Waals surface area contributed by atoms with Crippen LogP contribution in [-0.2, 0) is 26.5 Å². The summed E-state index contributed by atoms with van der Waals surface area (Å²) in [5.74, 6) is 5.50. The molecule has 11 aromatic rings. The second kappa shape index (κ2) is 18.5. The number of para-hydroxylation sites is 3. The summed E-state index contributed by atoms with van der Waals surface area (Å²) >= 11 is 0. The van der Waals surface area contributed by atoms with E-state index in [4.69, 9.17) is 9.72 Å². The molecule has 6 heteroatoms. The first kappa shape index (κ1) is 49.6. The maximum absolute atomic E-state index is 6.84. The van der Waals surface area contributed by atoms with E-state index in [1.165, 1.54) is 117 Å². The molecule has 2 aromatic heterocycles. The fraction of sp³-hybridized carbons (Fsp3) is 0.221. The van der Waals surface area contributed by atoms with Gasteiger partial charge >= 0.3 is 0 Å². The molecule has 408 valence electrons. The van der Waals surface area contributed by atoms with Crippen molar-refractivity contribution in [2.24, 2.45) is 17.8 Å². The van der Waals surface area contributed by atoms with Gasteiger partial charge in [-0.25, -0.2) is 4.98 Å². The average molecular weight is 1250 g/mol. The van der Waals surface area contributed by atoms with Gasteiger partial charge in [-0.15, -0.1) is 48.1 Å². The van der Waals surface area contributed by atoms with Crippen LogP contribution in [0.15, 0.2) is 194 Å². The summed E-state index contributed by atoms with van der Waals surface area (Å²) in [7, 11) is 0. The summed E-state index contributed by atoms with van der Waals surface area (Å²) in [4.78, 5) is 9.97. The van der Waals surface area contributed by atoms with Crippen LogP contribution in [0, 0.1) is 57.3 Å². The van der Waals surface area contributed by atoms with E-state index in [-0.39, 0.29) is 44.7 Å². The third kappa shape index (κ3) is 7.38. The molecule has 9 aromatic carbocycles. The molecule has 4 saturated carbocycles. The van der Waals surface area contributed by atoms with Gasteiger partial charge in [0, 0.05) is 90.6 Å². The van der Waals surface area contributed by atoms with E-state index < -0.39 is 0 Å². The Bertz CT molecular complexity index is 4410.